The fourth-order valence-corrected chi connectivity index (χ4v) is 4.64. The summed E-state index contributed by atoms with van der Waals surface area (Å²) in [6.07, 6.45) is 2.13. The first-order valence-corrected chi connectivity index (χ1v) is 12.8. The number of benzene rings is 3. The van der Waals surface area contributed by atoms with Crippen LogP contribution in [0.2, 0.25) is 0 Å². The highest BCUT2D eigenvalue weighted by Gasteiger charge is 2.36. The Morgan fingerprint density at radius 2 is 1.63 bits per heavy atom. The summed E-state index contributed by atoms with van der Waals surface area (Å²) in [7, 11) is 0. The third-order valence-corrected chi connectivity index (χ3v) is 6.58. The fourth-order valence-electron chi connectivity index (χ4n) is 4.64. The lowest BCUT2D eigenvalue weighted by atomic mass is 10.00. The maximum absolute atomic E-state index is 13.4. The van der Waals surface area contributed by atoms with Crippen molar-refractivity contribution >= 4 is 35.1 Å². The van der Waals surface area contributed by atoms with Gasteiger partial charge in [0.1, 0.15) is 12.1 Å². The number of carbonyl (C=O) groups excluding carboxylic acids is 3. The van der Waals surface area contributed by atoms with E-state index < -0.39 is 24.0 Å². The monoisotopic (exact) mass is 513 g/mol. The van der Waals surface area contributed by atoms with Gasteiger partial charge in [0, 0.05) is 18.4 Å². The van der Waals surface area contributed by atoms with E-state index in [1.807, 2.05) is 43.3 Å². The maximum Gasteiger partial charge on any atom is 0.326 e. The number of carboxylic acid groups (broad SMARTS) is 1. The Labute approximate surface area is 221 Å². The summed E-state index contributed by atoms with van der Waals surface area (Å²) in [5.74, 6) is -2.21. The summed E-state index contributed by atoms with van der Waals surface area (Å²) in [5.41, 5.74) is 2.87. The molecular formula is C30H31N3O5. The summed E-state index contributed by atoms with van der Waals surface area (Å²) in [6, 6.07) is 21.6. The molecule has 0 saturated carbocycles. The number of carbonyl (C=O) groups is 4. The van der Waals surface area contributed by atoms with Gasteiger partial charge in [-0.05, 0) is 42.2 Å². The zero-order valence-electron chi connectivity index (χ0n) is 21.2. The smallest absolute Gasteiger partial charge is 0.326 e. The first-order valence-electron chi connectivity index (χ1n) is 12.8. The zero-order chi connectivity index (χ0) is 27.1. The molecule has 1 aliphatic rings. The van der Waals surface area contributed by atoms with Gasteiger partial charge in [0.15, 0.2) is 0 Å². The van der Waals surface area contributed by atoms with E-state index in [2.05, 4.69) is 10.6 Å². The van der Waals surface area contributed by atoms with Gasteiger partial charge in [0.2, 0.25) is 11.8 Å². The average molecular weight is 514 g/mol. The predicted octanol–water partition coefficient (Wildman–Crippen LogP) is 4.20. The van der Waals surface area contributed by atoms with Crippen LogP contribution >= 0.6 is 0 Å². The largest absolute Gasteiger partial charge is 0.480 e. The number of aliphatic carboxylic acids is 1. The van der Waals surface area contributed by atoms with Crippen LogP contribution in [0.3, 0.4) is 0 Å². The highest BCUT2D eigenvalue weighted by molar-refractivity contribution is 6.13. The summed E-state index contributed by atoms with van der Waals surface area (Å²) in [6.45, 7) is 1.96. The number of carboxylic acids is 1. The molecule has 0 fully saturated rings. The van der Waals surface area contributed by atoms with E-state index in [1.165, 1.54) is 11.0 Å². The van der Waals surface area contributed by atoms with Crippen LogP contribution < -0.4 is 15.5 Å². The van der Waals surface area contributed by atoms with E-state index in [0.717, 1.165) is 11.1 Å². The Morgan fingerprint density at radius 1 is 0.974 bits per heavy atom. The SMILES string of the molecule is CCCC1C(=O)Nc2cc(C(=O)NC(Cc3ccccc3)C(=O)O)ccc2N1C(=O)CCc1ccccc1. The Kier molecular flexibility index (Phi) is 8.53. The van der Waals surface area contributed by atoms with Crippen LogP contribution in [-0.2, 0) is 27.2 Å². The molecule has 196 valence electrons. The topological polar surface area (TPSA) is 116 Å². The Bertz CT molecular complexity index is 1310. The van der Waals surface area contributed by atoms with Crippen LogP contribution in [0.1, 0.15) is 47.7 Å². The quantitative estimate of drug-likeness (QED) is 0.376. The maximum atomic E-state index is 13.4. The molecule has 0 aromatic heterocycles. The van der Waals surface area contributed by atoms with Gasteiger partial charge in [-0.3, -0.25) is 19.3 Å². The van der Waals surface area contributed by atoms with Crippen molar-refractivity contribution in [1.82, 2.24) is 5.32 Å². The van der Waals surface area contributed by atoms with Crippen LogP contribution in [0.15, 0.2) is 78.9 Å². The number of fused-ring (bicyclic) bond motifs is 1. The number of nitrogens with zero attached hydrogens (tertiary/aromatic N) is 1. The highest BCUT2D eigenvalue weighted by atomic mass is 16.4. The first-order chi connectivity index (χ1) is 18.4. The normalized spacial score (nSPS) is 15.2. The van der Waals surface area contributed by atoms with Crippen LogP contribution in [0.25, 0.3) is 0 Å². The van der Waals surface area contributed by atoms with E-state index >= 15 is 0 Å². The average Bonchev–Trinajstić information content (AvgIpc) is 2.92. The number of amides is 3. The van der Waals surface area contributed by atoms with Gasteiger partial charge in [-0.25, -0.2) is 4.79 Å². The van der Waals surface area contributed by atoms with Crippen molar-refractivity contribution < 1.29 is 24.3 Å². The minimum Gasteiger partial charge on any atom is -0.480 e. The molecule has 3 aromatic rings. The lowest BCUT2D eigenvalue weighted by Crippen LogP contribution is -2.51. The van der Waals surface area contributed by atoms with Gasteiger partial charge in [0.05, 0.1) is 11.4 Å². The van der Waals surface area contributed by atoms with E-state index in [-0.39, 0.29) is 30.2 Å². The summed E-state index contributed by atoms with van der Waals surface area (Å²) in [5, 5.41) is 15.1. The van der Waals surface area contributed by atoms with Crippen molar-refractivity contribution in [3.63, 3.8) is 0 Å². The molecule has 0 spiro atoms. The molecule has 2 atom stereocenters. The minimum atomic E-state index is -1.15. The number of aryl methyl sites for hydroxylation is 1. The lowest BCUT2D eigenvalue weighted by molar-refractivity contribution is -0.139. The number of nitrogens with one attached hydrogen (secondary N) is 2. The van der Waals surface area contributed by atoms with E-state index in [1.54, 1.807) is 36.4 Å². The zero-order valence-corrected chi connectivity index (χ0v) is 21.2. The molecule has 0 saturated heterocycles. The summed E-state index contributed by atoms with van der Waals surface area (Å²) >= 11 is 0. The van der Waals surface area contributed by atoms with Crippen molar-refractivity contribution in [1.29, 1.82) is 0 Å². The van der Waals surface area contributed by atoms with Crippen molar-refractivity contribution in [3.8, 4) is 0 Å². The molecule has 3 aromatic carbocycles. The van der Waals surface area contributed by atoms with Crippen molar-refractivity contribution in [2.45, 2.75) is 51.1 Å². The van der Waals surface area contributed by atoms with Crippen molar-refractivity contribution in [3.05, 3.63) is 95.6 Å². The summed E-state index contributed by atoms with van der Waals surface area (Å²) < 4.78 is 0. The number of hydrogen-bond acceptors (Lipinski definition) is 4. The second-order valence-electron chi connectivity index (χ2n) is 9.33. The predicted molar refractivity (Wildman–Crippen MR) is 145 cm³/mol. The fraction of sp³-hybridized carbons (Fsp3) is 0.267. The van der Waals surface area contributed by atoms with Gasteiger partial charge < -0.3 is 15.7 Å². The van der Waals surface area contributed by atoms with Crippen molar-refractivity contribution in [2.75, 3.05) is 10.2 Å². The summed E-state index contributed by atoms with van der Waals surface area (Å²) in [4.78, 5) is 52.7. The van der Waals surface area contributed by atoms with Crippen LogP contribution in [0.5, 0.6) is 0 Å². The molecular weight excluding hydrogens is 482 g/mol. The van der Waals surface area contributed by atoms with E-state index in [0.29, 0.717) is 30.6 Å². The van der Waals surface area contributed by atoms with Crippen LogP contribution in [0, 0.1) is 0 Å². The van der Waals surface area contributed by atoms with Crippen LogP contribution in [-0.4, -0.2) is 40.9 Å². The number of rotatable bonds is 10. The second-order valence-corrected chi connectivity index (χ2v) is 9.33. The molecule has 2 unspecified atom stereocenters. The molecule has 3 N–H and O–H groups in total. The number of anilines is 2. The van der Waals surface area contributed by atoms with Gasteiger partial charge in [-0.2, -0.15) is 0 Å². The lowest BCUT2D eigenvalue weighted by Gasteiger charge is -2.36. The van der Waals surface area contributed by atoms with Crippen molar-refractivity contribution in [2.24, 2.45) is 0 Å². The third kappa shape index (κ3) is 6.26. The second kappa shape index (κ2) is 12.2. The molecule has 0 radical (unpaired) electrons. The third-order valence-electron chi connectivity index (χ3n) is 6.58. The molecule has 3 amide bonds. The molecule has 0 bridgehead atoms. The van der Waals surface area contributed by atoms with Crippen LogP contribution in [0.4, 0.5) is 11.4 Å². The molecule has 4 rings (SSSR count). The molecule has 1 heterocycles. The highest BCUT2D eigenvalue weighted by Crippen LogP contribution is 2.35. The number of hydrogen-bond donors (Lipinski definition) is 3. The minimum absolute atomic E-state index is 0.131. The van der Waals surface area contributed by atoms with Gasteiger partial charge in [0.25, 0.3) is 5.91 Å². The van der Waals surface area contributed by atoms with Gasteiger partial charge in [-0.15, -0.1) is 0 Å². The Balaban J connectivity index is 1.55. The molecule has 0 aliphatic carbocycles. The molecule has 8 nitrogen and oxygen atoms in total. The first kappa shape index (κ1) is 26.6. The Hall–Kier alpha value is -4.46. The van der Waals surface area contributed by atoms with Gasteiger partial charge >= 0.3 is 5.97 Å². The van der Waals surface area contributed by atoms with E-state index in [4.69, 9.17) is 0 Å². The van der Waals surface area contributed by atoms with Gasteiger partial charge in [-0.1, -0.05) is 74.0 Å². The molecule has 38 heavy (non-hydrogen) atoms. The molecule has 8 heteroatoms. The standard InChI is InChI=1S/C30H31N3O5/c1-2-9-26-29(36)31-23-19-22(28(35)32-24(30(37)38)18-21-12-7-4-8-13-21)15-16-25(23)33(26)27(34)17-14-20-10-5-3-6-11-20/h3-8,10-13,15-16,19,24,26H,2,9,14,17-18H2,1H3,(H,31,36)(H,32,35)(H,37,38). The Morgan fingerprint density at radius 3 is 2.26 bits per heavy atom. The van der Waals surface area contributed by atoms with E-state index in [9.17, 15) is 24.3 Å². The molecule has 1 aliphatic heterocycles.